The largest absolute Gasteiger partial charge is 0.508 e. The zero-order valence-electron chi connectivity index (χ0n) is 8.16. The van der Waals surface area contributed by atoms with E-state index in [0.717, 1.165) is 0 Å². The van der Waals surface area contributed by atoms with E-state index in [1.807, 2.05) is 0 Å². The standard InChI is InChI=1S/C10H10O5S/c11-9-4-6-1-2-8(16(13,14)15)3-7(6)5-10(9)12/h1-4,7,11-12H,5H2,(H,13,14,15). The molecular formula is C10H10O5S. The molecular weight excluding hydrogens is 232 g/mol. The molecule has 2 aliphatic rings. The molecule has 2 aliphatic carbocycles. The second kappa shape index (κ2) is 3.50. The molecule has 3 N–H and O–H groups in total. The van der Waals surface area contributed by atoms with Crippen molar-refractivity contribution in [3.05, 3.63) is 46.3 Å². The van der Waals surface area contributed by atoms with E-state index in [9.17, 15) is 18.6 Å². The van der Waals surface area contributed by atoms with E-state index in [1.54, 1.807) is 0 Å². The normalized spacial score (nSPS) is 24.9. The minimum Gasteiger partial charge on any atom is -0.508 e. The van der Waals surface area contributed by atoms with Gasteiger partial charge in [0.15, 0.2) is 5.76 Å². The third-order valence-corrected chi connectivity index (χ3v) is 3.41. The average molecular weight is 242 g/mol. The van der Waals surface area contributed by atoms with Crippen LogP contribution in [0.3, 0.4) is 0 Å². The molecule has 0 aromatic rings. The van der Waals surface area contributed by atoms with Crippen molar-refractivity contribution in [1.29, 1.82) is 0 Å². The van der Waals surface area contributed by atoms with Crippen molar-refractivity contribution in [3.8, 4) is 0 Å². The lowest BCUT2D eigenvalue weighted by molar-refractivity contribution is 0.308. The first-order chi connectivity index (χ1) is 7.38. The van der Waals surface area contributed by atoms with Crippen LogP contribution in [0.25, 0.3) is 0 Å². The van der Waals surface area contributed by atoms with Gasteiger partial charge in [0.1, 0.15) is 5.76 Å². The van der Waals surface area contributed by atoms with Gasteiger partial charge in [-0.2, -0.15) is 8.42 Å². The van der Waals surface area contributed by atoms with Crippen molar-refractivity contribution in [2.24, 2.45) is 5.92 Å². The maximum absolute atomic E-state index is 10.9. The second-order valence-corrected chi connectivity index (χ2v) is 5.09. The number of fused-ring (bicyclic) bond motifs is 1. The van der Waals surface area contributed by atoms with Gasteiger partial charge in [0, 0.05) is 12.3 Å². The van der Waals surface area contributed by atoms with E-state index in [-0.39, 0.29) is 28.8 Å². The number of aliphatic hydroxyl groups is 2. The van der Waals surface area contributed by atoms with Gasteiger partial charge in [-0.15, -0.1) is 0 Å². The molecule has 16 heavy (non-hydrogen) atoms. The summed E-state index contributed by atoms with van der Waals surface area (Å²) < 4.78 is 30.7. The van der Waals surface area contributed by atoms with Gasteiger partial charge < -0.3 is 10.2 Å². The van der Waals surface area contributed by atoms with Crippen molar-refractivity contribution in [3.63, 3.8) is 0 Å². The van der Waals surface area contributed by atoms with Gasteiger partial charge in [-0.1, -0.05) is 12.2 Å². The summed E-state index contributed by atoms with van der Waals surface area (Å²) in [6.07, 6.45) is 5.60. The Morgan fingerprint density at radius 3 is 2.56 bits per heavy atom. The lowest BCUT2D eigenvalue weighted by atomic mass is 9.87. The summed E-state index contributed by atoms with van der Waals surface area (Å²) in [6, 6.07) is 0. The maximum atomic E-state index is 10.9. The SMILES string of the molecule is O=S(=O)(O)C1=CC2CC(O)=C(O)C=C2C=C1. The molecule has 0 spiro atoms. The number of hydrogen-bond acceptors (Lipinski definition) is 4. The zero-order chi connectivity index (χ0) is 11.9. The fourth-order valence-electron chi connectivity index (χ4n) is 1.71. The third kappa shape index (κ3) is 1.89. The van der Waals surface area contributed by atoms with Gasteiger partial charge in [-0.05, 0) is 17.7 Å². The second-order valence-electron chi connectivity index (χ2n) is 3.66. The van der Waals surface area contributed by atoms with Gasteiger partial charge >= 0.3 is 0 Å². The molecule has 0 saturated carbocycles. The first-order valence-corrected chi connectivity index (χ1v) is 6.02. The molecule has 0 radical (unpaired) electrons. The maximum Gasteiger partial charge on any atom is 0.294 e. The third-order valence-electron chi connectivity index (χ3n) is 2.54. The summed E-state index contributed by atoms with van der Waals surface area (Å²) >= 11 is 0. The lowest BCUT2D eigenvalue weighted by Gasteiger charge is -2.22. The highest BCUT2D eigenvalue weighted by molar-refractivity contribution is 7.90. The predicted molar refractivity (Wildman–Crippen MR) is 57.2 cm³/mol. The summed E-state index contributed by atoms with van der Waals surface area (Å²) in [7, 11) is -4.22. The lowest BCUT2D eigenvalue weighted by Crippen LogP contribution is -2.14. The molecule has 0 amide bonds. The first-order valence-electron chi connectivity index (χ1n) is 4.58. The minimum atomic E-state index is -4.22. The van der Waals surface area contributed by atoms with Crippen molar-refractivity contribution in [2.75, 3.05) is 0 Å². The molecule has 1 atom stereocenters. The molecule has 0 aromatic carbocycles. The van der Waals surface area contributed by atoms with Crippen LogP contribution in [0.15, 0.2) is 46.3 Å². The smallest absolute Gasteiger partial charge is 0.294 e. The predicted octanol–water partition coefficient (Wildman–Crippen LogP) is 1.60. The van der Waals surface area contributed by atoms with Crippen molar-refractivity contribution in [1.82, 2.24) is 0 Å². The zero-order valence-corrected chi connectivity index (χ0v) is 8.98. The summed E-state index contributed by atoms with van der Waals surface area (Å²) in [5, 5.41) is 18.6. The molecule has 0 aliphatic heterocycles. The average Bonchev–Trinajstić information content (AvgIpc) is 2.17. The van der Waals surface area contributed by atoms with Crippen LogP contribution >= 0.6 is 0 Å². The molecule has 0 saturated heterocycles. The van der Waals surface area contributed by atoms with Crippen molar-refractivity contribution >= 4 is 10.1 Å². The monoisotopic (exact) mass is 242 g/mol. The first kappa shape index (κ1) is 11.0. The van der Waals surface area contributed by atoms with E-state index in [1.165, 1.54) is 24.3 Å². The fraction of sp³-hybridized carbons (Fsp3) is 0.200. The molecule has 0 bridgehead atoms. The topological polar surface area (TPSA) is 94.8 Å². The molecule has 1 unspecified atom stereocenters. The number of allylic oxidation sites excluding steroid dienone is 6. The quantitative estimate of drug-likeness (QED) is 0.607. The van der Waals surface area contributed by atoms with Crippen LogP contribution in [0.4, 0.5) is 0 Å². The summed E-state index contributed by atoms with van der Waals surface area (Å²) in [4.78, 5) is -0.191. The minimum absolute atomic E-state index is 0.126. The molecule has 0 fully saturated rings. The van der Waals surface area contributed by atoms with Gasteiger partial charge in [-0.25, -0.2) is 0 Å². The van der Waals surface area contributed by atoms with Crippen LogP contribution in [-0.2, 0) is 10.1 Å². The Labute approximate surface area is 92.5 Å². The van der Waals surface area contributed by atoms with E-state index in [2.05, 4.69) is 0 Å². The van der Waals surface area contributed by atoms with Crippen LogP contribution in [0, 0.1) is 5.92 Å². The van der Waals surface area contributed by atoms with Gasteiger partial charge in [0.25, 0.3) is 10.1 Å². The van der Waals surface area contributed by atoms with Crippen molar-refractivity contribution in [2.45, 2.75) is 6.42 Å². The van der Waals surface area contributed by atoms with Crippen LogP contribution in [0.5, 0.6) is 0 Å². The van der Waals surface area contributed by atoms with E-state index in [4.69, 9.17) is 4.55 Å². The Morgan fingerprint density at radius 1 is 1.25 bits per heavy atom. The number of rotatable bonds is 1. The van der Waals surface area contributed by atoms with Crippen molar-refractivity contribution < 1.29 is 23.2 Å². The molecule has 0 heterocycles. The van der Waals surface area contributed by atoms with Gasteiger partial charge in [0.05, 0.1) is 4.91 Å². The molecule has 0 aromatic heterocycles. The van der Waals surface area contributed by atoms with E-state index < -0.39 is 10.1 Å². The summed E-state index contributed by atoms with van der Waals surface area (Å²) in [5.41, 5.74) is 0.697. The van der Waals surface area contributed by atoms with Gasteiger partial charge in [0.2, 0.25) is 0 Å². The van der Waals surface area contributed by atoms with Crippen LogP contribution in [-0.4, -0.2) is 23.2 Å². The molecule has 2 rings (SSSR count). The van der Waals surface area contributed by atoms with E-state index in [0.29, 0.717) is 5.57 Å². The molecule has 86 valence electrons. The molecule has 6 heteroatoms. The Hall–Kier alpha value is -1.53. The Kier molecular flexibility index (Phi) is 2.40. The highest BCUT2D eigenvalue weighted by Crippen LogP contribution is 2.33. The van der Waals surface area contributed by atoms with E-state index >= 15 is 0 Å². The van der Waals surface area contributed by atoms with Gasteiger partial charge in [-0.3, -0.25) is 4.55 Å². The highest BCUT2D eigenvalue weighted by atomic mass is 32.2. The fourth-order valence-corrected chi connectivity index (χ4v) is 2.29. The Bertz CT molecular complexity index is 548. The number of aliphatic hydroxyl groups excluding tert-OH is 2. The van der Waals surface area contributed by atoms with Crippen LogP contribution in [0.2, 0.25) is 0 Å². The van der Waals surface area contributed by atoms with Crippen LogP contribution < -0.4 is 0 Å². The molecule has 5 nitrogen and oxygen atoms in total. The summed E-state index contributed by atoms with van der Waals surface area (Å²) in [6.45, 7) is 0. The Morgan fingerprint density at radius 2 is 1.94 bits per heavy atom. The highest BCUT2D eigenvalue weighted by Gasteiger charge is 2.25. The Balaban J connectivity index is 2.40. The van der Waals surface area contributed by atoms with Crippen LogP contribution in [0.1, 0.15) is 6.42 Å². The summed E-state index contributed by atoms with van der Waals surface area (Å²) in [5.74, 6) is -0.729. The number of hydrogen-bond donors (Lipinski definition) is 3.